The summed E-state index contributed by atoms with van der Waals surface area (Å²) in [4.78, 5) is 13.5. The van der Waals surface area contributed by atoms with Gasteiger partial charge in [-0.3, -0.25) is 4.79 Å². The molecule has 0 aromatic carbocycles. The van der Waals surface area contributed by atoms with Crippen LogP contribution in [0.25, 0.3) is 0 Å². The molecule has 0 aromatic rings. The molecule has 1 aliphatic heterocycles. The van der Waals surface area contributed by atoms with Gasteiger partial charge < -0.3 is 15.0 Å². The second kappa shape index (κ2) is 8.10. The van der Waals surface area contributed by atoms with Crippen molar-refractivity contribution in [3.05, 3.63) is 0 Å². The molecule has 1 fully saturated rings. The lowest BCUT2D eigenvalue weighted by Crippen LogP contribution is -2.38. The van der Waals surface area contributed by atoms with E-state index in [9.17, 15) is 4.79 Å². The van der Waals surface area contributed by atoms with E-state index < -0.39 is 0 Å². The van der Waals surface area contributed by atoms with Gasteiger partial charge in [-0.1, -0.05) is 12.8 Å². The number of ether oxygens (including phenoxy) is 1. The lowest BCUT2D eigenvalue weighted by Gasteiger charge is -2.25. The van der Waals surface area contributed by atoms with Gasteiger partial charge in [0.1, 0.15) is 6.61 Å². The number of rotatable bonds is 6. The summed E-state index contributed by atoms with van der Waals surface area (Å²) in [6.07, 6.45) is 8.34. The van der Waals surface area contributed by atoms with Crippen LogP contribution in [0, 0.1) is 12.3 Å². The van der Waals surface area contributed by atoms with Crippen LogP contribution in [0.15, 0.2) is 0 Å². The summed E-state index contributed by atoms with van der Waals surface area (Å²) in [6.45, 7) is 5.22. The summed E-state index contributed by atoms with van der Waals surface area (Å²) in [5.74, 6) is 2.51. The average Bonchev–Trinajstić information content (AvgIpc) is 2.37. The number of hydrogen-bond donors (Lipinski definition) is 1. The van der Waals surface area contributed by atoms with Crippen molar-refractivity contribution in [1.29, 1.82) is 0 Å². The first-order valence-corrected chi connectivity index (χ1v) is 6.31. The first-order chi connectivity index (χ1) is 8.27. The molecule has 4 nitrogen and oxygen atoms in total. The highest BCUT2D eigenvalue weighted by Gasteiger charge is 2.17. The number of carbonyl (C=O) groups excluding carboxylic acids is 1. The summed E-state index contributed by atoms with van der Waals surface area (Å²) < 4.78 is 5.62. The molecule has 1 saturated heterocycles. The van der Waals surface area contributed by atoms with E-state index in [0.717, 1.165) is 32.4 Å². The summed E-state index contributed by atoms with van der Waals surface area (Å²) in [5.41, 5.74) is 0. The van der Waals surface area contributed by atoms with Gasteiger partial charge in [-0.05, 0) is 32.4 Å². The highest BCUT2D eigenvalue weighted by molar-refractivity contribution is 5.77. The Morgan fingerprint density at radius 3 is 2.82 bits per heavy atom. The largest absolute Gasteiger partial charge is 0.368 e. The third-order valence-corrected chi connectivity index (χ3v) is 2.86. The Morgan fingerprint density at radius 2 is 2.24 bits per heavy atom. The van der Waals surface area contributed by atoms with Crippen molar-refractivity contribution < 1.29 is 9.53 Å². The molecule has 0 atom stereocenters. The third-order valence-electron chi connectivity index (χ3n) is 2.86. The molecule has 0 spiro atoms. The third kappa shape index (κ3) is 5.20. The Balaban J connectivity index is 2.28. The van der Waals surface area contributed by atoms with Crippen molar-refractivity contribution in [2.75, 3.05) is 32.8 Å². The molecule has 0 saturated carbocycles. The molecule has 17 heavy (non-hydrogen) atoms. The summed E-state index contributed by atoms with van der Waals surface area (Å²) in [7, 11) is 0. The fourth-order valence-electron chi connectivity index (χ4n) is 1.91. The molecule has 96 valence electrons. The Bertz CT molecular complexity index is 267. The zero-order valence-electron chi connectivity index (χ0n) is 10.6. The minimum atomic E-state index is 0.00309. The maximum absolute atomic E-state index is 11.9. The second-order valence-corrected chi connectivity index (χ2v) is 4.28. The van der Waals surface area contributed by atoms with Crippen molar-refractivity contribution in [3.63, 3.8) is 0 Å². The molecule has 1 heterocycles. The lowest BCUT2D eigenvalue weighted by atomic mass is 10.1. The molecule has 1 rings (SSSR count). The summed E-state index contributed by atoms with van der Waals surface area (Å²) >= 11 is 0. The Labute approximate surface area is 104 Å². The first-order valence-electron chi connectivity index (χ1n) is 6.31. The topological polar surface area (TPSA) is 41.6 Å². The maximum Gasteiger partial charge on any atom is 0.249 e. The number of nitrogens with zero attached hydrogens (tertiary/aromatic N) is 1. The van der Waals surface area contributed by atoms with E-state index in [1.54, 1.807) is 4.90 Å². The Kier molecular flexibility index (Phi) is 6.68. The van der Waals surface area contributed by atoms with E-state index in [4.69, 9.17) is 11.2 Å². The fraction of sp³-hybridized carbons (Fsp3) is 0.769. The van der Waals surface area contributed by atoms with Crippen LogP contribution in [-0.4, -0.2) is 49.7 Å². The summed E-state index contributed by atoms with van der Waals surface area (Å²) in [5, 5.41) is 3.26. The predicted molar refractivity (Wildman–Crippen MR) is 67.5 cm³/mol. The minimum absolute atomic E-state index is 0.00309. The molecule has 0 unspecified atom stereocenters. The highest BCUT2D eigenvalue weighted by atomic mass is 16.5. The molecule has 1 amide bonds. The fourth-order valence-corrected chi connectivity index (χ4v) is 1.91. The zero-order valence-corrected chi connectivity index (χ0v) is 10.6. The van der Waals surface area contributed by atoms with Crippen molar-refractivity contribution in [2.45, 2.75) is 32.3 Å². The molecule has 4 heteroatoms. The van der Waals surface area contributed by atoms with Gasteiger partial charge in [-0.25, -0.2) is 0 Å². The number of carbonyl (C=O) groups is 1. The average molecular weight is 238 g/mol. The van der Waals surface area contributed by atoms with E-state index in [1.807, 2.05) is 6.92 Å². The van der Waals surface area contributed by atoms with Gasteiger partial charge in [0.05, 0.1) is 12.6 Å². The quantitative estimate of drug-likeness (QED) is 0.690. The Hall–Kier alpha value is -1.05. The van der Waals surface area contributed by atoms with Crippen LogP contribution < -0.4 is 5.32 Å². The van der Waals surface area contributed by atoms with Crippen LogP contribution in [0.1, 0.15) is 26.2 Å². The number of nitrogens with one attached hydrogen (secondary N) is 1. The van der Waals surface area contributed by atoms with E-state index in [0.29, 0.717) is 13.1 Å². The SMILES string of the molecule is C#CCN(CCC)C(=O)COC1CCNCC1. The van der Waals surface area contributed by atoms with Crippen molar-refractivity contribution in [3.8, 4) is 12.3 Å². The van der Waals surface area contributed by atoms with Crippen LogP contribution in [0.3, 0.4) is 0 Å². The molecular weight excluding hydrogens is 216 g/mol. The molecule has 1 N–H and O–H groups in total. The first kappa shape index (κ1) is 14.0. The highest BCUT2D eigenvalue weighted by Crippen LogP contribution is 2.07. The van der Waals surface area contributed by atoms with Gasteiger partial charge >= 0.3 is 0 Å². The molecule has 0 aliphatic carbocycles. The van der Waals surface area contributed by atoms with E-state index in [-0.39, 0.29) is 18.6 Å². The van der Waals surface area contributed by atoms with Gasteiger partial charge in [-0.15, -0.1) is 6.42 Å². The lowest BCUT2D eigenvalue weighted by molar-refractivity contribution is -0.138. The van der Waals surface area contributed by atoms with Crippen molar-refractivity contribution in [1.82, 2.24) is 10.2 Å². The minimum Gasteiger partial charge on any atom is -0.368 e. The van der Waals surface area contributed by atoms with E-state index in [2.05, 4.69) is 11.2 Å². The van der Waals surface area contributed by atoms with Crippen LogP contribution >= 0.6 is 0 Å². The zero-order chi connectivity index (χ0) is 12.5. The monoisotopic (exact) mass is 238 g/mol. The summed E-state index contributed by atoms with van der Waals surface area (Å²) in [6, 6.07) is 0. The van der Waals surface area contributed by atoms with Crippen molar-refractivity contribution >= 4 is 5.91 Å². The smallest absolute Gasteiger partial charge is 0.249 e. The van der Waals surface area contributed by atoms with E-state index in [1.165, 1.54) is 0 Å². The van der Waals surface area contributed by atoms with Gasteiger partial charge in [0.25, 0.3) is 0 Å². The van der Waals surface area contributed by atoms with Gasteiger partial charge in [-0.2, -0.15) is 0 Å². The van der Waals surface area contributed by atoms with Gasteiger partial charge in [0.15, 0.2) is 0 Å². The molecule has 0 radical (unpaired) electrons. The Morgan fingerprint density at radius 1 is 1.53 bits per heavy atom. The second-order valence-electron chi connectivity index (χ2n) is 4.28. The van der Waals surface area contributed by atoms with Crippen molar-refractivity contribution in [2.24, 2.45) is 0 Å². The number of piperidine rings is 1. The normalized spacial score (nSPS) is 16.5. The van der Waals surface area contributed by atoms with Crippen LogP contribution in [-0.2, 0) is 9.53 Å². The van der Waals surface area contributed by atoms with E-state index >= 15 is 0 Å². The standard InChI is InChI=1S/C13H22N2O2/c1-3-9-15(10-4-2)13(16)11-17-12-5-7-14-8-6-12/h1,12,14H,4-11H2,2H3. The predicted octanol–water partition coefficient (Wildman–Crippen LogP) is 0.627. The molecule has 1 aliphatic rings. The maximum atomic E-state index is 11.9. The van der Waals surface area contributed by atoms with Gasteiger partial charge in [0.2, 0.25) is 5.91 Å². The van der Waals surface area contributed by atoms with Crippen LogP contribution in [0.2, 0.25) is 0 Å². The molecule has 0 aromatic heterocycles. The number of hydrogen-bond acceptors (Lipinski definition) is 3. The van der Waals surface area contributed by atoms with Crippen LogP contribution in [0.5, 0.6) is 0 Å². The molecule has 0 bridgehead atoms. The number of terminal acetylenes is 1. The van der Waals surface area contributed by atoms with Crippen LogP contribution in [0.4, 0.5) is 0 Å². The molecular formula is C13H22N2O2. The number of amides is 1. The van der Waals surface area contributed by atoms with Gasteiger partial charge in [0, 0.05) is 6.54 Å².